The number of aliphatic hydroxyl groups excluding tert-OH is 1. The van der Waals surface area contributed by atoms with Crippen LogP contribution in [0.3, 0.4) is 0 Å². The van der Waals surface area contributed by atoms with Gasteiger partial charge in [0.25, 0.3) is 5.69 Å². The first-order valence-corrected chi connectivity index (χ1v) is 6.27. The summed E-state index contributed by atoms with van der Waals surface area (Å²) >= 11 is 4.06. The number of hydrogen-bond acceptors (Lipinski definition) is 3. The molecule has 0 fully saturated rings. The van der Waals surface area contributed by atoms with Crippen molar-refractivity contribution in [2.24, 2.45) is 0 Å². The second kappa shape index (κ2) is 5.75. The van der Waals surface area contributed by atoms with Crippen molar-refractivity contribution >= 4 is 50.9 Å². The first-order valence-electron chi connectivity index (χ1n) is 3.94. The van der Waals surface area contributed by atoms with Crippen molar-refractivity contribution in [1.29, 1.82) is 0 Å². The minimum absolute atomic E-state index is 0.0272. The number of rotatable bonds is 3. The van der Waals surface area contributed by atoms with Crippen LogP contribution >= 0.6 is 45.2 Å². The molecule has 0 saturated heterocycles. The molecule has 0 amide bonds. The van der Waals surface area contributed by atoms with Gasteiger partial charge >= 0.3 is 0 Å². The highest BCUT2D eigenvalue weighted by molar-refractivity contribution is 14.1. The van der Waals surface area contributed by atoms with E-state index in [0.29, 0.717) is 5.56 Å². The van der Waals surface area contributed by atoms with Crippen molar-refractivity contribution in [3.63, 3.8) is 0 Å². The van der Waals surface area contributed by atoms with Crippen LogP contribution in [0.5, 0.6) is 0 Å². The summed E-state index contributed by atoms with van der Waals surface area (Å²) in [6, 6.07) is 5.88. The van der Waals surface area contributed by atoms with Gasteiger partial charge in [-0.3, -0.25) is 10.1 Å². The second-order valence-corrected chi connectivity index (χ2v) is 4.61. The smallest absolute Gasteiger partial charge is 0.269 e. The fourth-order valence-corrected chi connectivity index (χ4v) is 1.70. The van der Waals surface area contributed by atoms with Gasteiger partial charge in [-0.15, -0.1) is 0 Å². The van der Waals surface area contributed by atoms with Gasteiger partial charge in [-0.25, -0.2) is 0 Å². The fourth-order valence-electron chi connectivity index (χ4n) is 0.997. The average molecular weight is 431 g/mol. The van der Waals surface area contributed by atoms with Crippen LogP contribution in [0.1, 0.15) is 11.7 Å². The molecule has 0 heterocycles. The molecule has 1 aromatic carbocycles. The Hall–Kier alpha value is -0.220. The highest BCUT2D eigenvalue weighted by Crippen LogP contribution is 2.28. The van der Waals surface area contributed by atoms with Crippen molar-refractivity contribution in [2.75, 3.05) is 0 Å². The molecule has 15 heavy (non-hydrogen) atoms. The maximum Gasteiger partial charge on any atom is 0.269 e. The first kappa shape index (κ1) is 12.8. The van der Waals surface area contributed by atoms with Crippen LogP contribution in [-0.4, -0.2) is 10.0 Å². The molecule has 1 atom stereocenters. The van der Waals surface area contributed by atoms with E-state index in [1.807, 2.05) is 45.2 Å². The van der Waals surface area contributed by atoms with Crippen molar-refractivity contribution in [3.05, 3.63) is 47.6 Å². The molecule has 0 spiro atoms. The number of aliphatic hydroxyl groups is 1. The van der Waals surface area contributed by atoms with E-state index < -0.39 is 11.0 Å². The lowest BCUT2D eigenvalue weighted by molar-refractivity contribution is -0.384. The van der Waals surface area contributed by atoms with Gasteiger partial charge in [-0.2, -0.15) is 0 Å². The standard InChI is InChI=1S/C9H7I2NO3/c10-5-8(11)9(13)6-1-3-7(4-2-6)12(14)15/h1-5,9,13H/b8-5+. The molecular weight excluding hydrogens is 424 g/mol. The quantitative estimate of drug-likeness (QED) is 0.454. The van der Waals surface area contributed by atoms with E-state index in [4.69, 9.17) is 0 Å². The van der Waals surface area contributed by atoms with E-state index in [0.717, 1.165) is 3.58 Å². The Morgan fingerprint density at radius 1 is 1.47 bits per heavy atom. The molecule has 0 saturated carbocycles. The predicted molar refractivity (Wildman–Crippen MR) is 74.2 cm³/mol. The Bertz CT molecular complexity index is 389. The molecular formula is C9H7I2NO3. The molecule has 4 nitrogen and oxygen atoms in total. The third-order valence-electron chi connectivity index (χ3n) is 1.79. The topological polar surface area (TPSA) is 63.4 Å². The maximum atomic E-state index is 10.4. The zero-order valence-corrected chi connectivity index (χ0v) is 11.7. The third-order valence-corrected chi connectivity index (χ3v) is 4.55. The summed E-state index contributed by atoms with van der Waals surface area (Å²) < 4.78 is 2.55. The summed E-state index contributed by atoms with van der Waals surface area (Å²) in [6.07, 6.45) is -0.705. The number of halogens is 2. The fraction of sp³-hybridized carbons (Fsp3) is 0.111. The summed E-state index contributed by atoms with van der Waals surface area (Å²) in [6.45, 7) is 0. The Balaban J connectivity index is 2.94. The summed E-state index contributed by atoms with van der Waals surface area (Å²) in [5.74, 6) is 0. The van der Waals surface area contributed by atoms with E-state index in [1.165, 1.54) is 12.1 Å². The highest BCUT2D eigenvalue weighted by Gasteiger charge is 2.12. The summed E-state index contributed by atoms with van der Waals surface area (Å²) in [5, 5.41) is 20.2. The largest absolute Gasteiger partial charge is 0.383 e. The number of hydrogen-bond donors (Lipinski definition) is 1. The van der Waals surface area contributed by atoms with Gasteiger partial charge in [0.1, 0.15) is 6.10 Å². The van der Waals surface area contributed by atoms with E-state index in [2.05, 4.69) is 0 Å². The summed E-state index contributed by atoms with van der Waals surface area (Å²) in [4.78, 5) is 9.94. The zero-order chi connectivity index (χ0) is 11.4. The summed E-state index contributed by atoms with van der Waals surface area (Å²) in [7, 11) is 0. The Labute approximate surface area is 114 Å². The van der Waals surface area contributed by atoms with Gasteiger partial charge in [0.05, 0.1) is 4.92 Å². The van der Waals surface area contributed by atoms with Gasteiger partial charge < -0.3 is 5.11 Å². The van der Waals surface area contributed by atoms with Gasteiger partial charge in [-0.05, 0) is 44.4 Å². The van der Waals surface area contributed by atoms with Gasteiger partial charge in [0.2, 0.25) is 0 Å². The van der Waals surface area contributed by atoms with Crippen LogP contribution in [0.4, 0.5) is 5.69 Å². The van der Waals surface area contributed by atoms with E-state index in [-0.39, 0.29) is 5.69 Å². The van der Waals surface area contributed by atoms with Crippen LogP contribution in [0, 0.1) is 10.1 Å². The Kier molecular flexibility index (Phi) is 4.93. The van der Waals surface area contributed by atoms with Crippen molar-refractivity contribution in [3.8, 4) is 0 Å². The SMILES string of the molecule is O=[N+]([O-])c1ccc(C(O)/C(I)=C\I)cc1. The van der Waals surface area contributed by atoms with E-state index in [1.54, 1.807) is 16.2 Å². The lowest BCUT2D eigenvalue weighted by atomic mass is 10.1. The normalized spacial score (nSPS) is 13.7. The van der Waals surface area contributed by atoms with Gasteiger partial charge in [0, 0.05) is 15.7 Å². The molecule has 0 bridgehead atoms. The molecule has 0 aromatic heterocycles. The molecule has 80 valence electrons. The van der Waals surface area contributed by atoms with Crippen molar-refractivity contribution in [2.45, 2.75) is 6.10 Å². The zero-order valence-electron chi connectivity index (χ0n) is 7.43. The highest BCUT2D eigenvalue weighted by atomic mass is 127. The lowest BCUT2D eigenvalue weighted by Crippen LogP contribution is -1.97. The molecule has 0 aliphatic carbocycles. The molecule has 0 aliphatic rings. The monoisotopic (exact) mass is 431 g/mol. The molecule has 1 rings (SSSR count). The summed E-state index contributed by atoms with van der Waals surface area (Å²) in [5.41, 5.74) is 0.678. The number of nitro benzene ring substituents is 1. The molecule has 1 aromatic rings. The molecule has 0 aliphatic heterocycles. The Morgan fingerprint density at radius 2 is 2.00 bits per heavy atom. The van der Waals surface area contributed by atoms with Crippen LogP contribution in [0.2, 0.25) is 0 Å². The molecule has 0 radical (unpaired) electrons. The minimum atomic E-state index is -0.705. The molecule has 6 heteroatoms. The third kappa shape index (κ3) is 3.38. The lowest BCUT2D eigenvalue weighted by Gasteiger charge is -2.08. The number of non-ortho nitro benzene ring substituents is 1. The number of nitro groups is 1. The first-order chi connectivity index (χ1) is 7.06. The van der Waals surface area contributed by atoms with Crippen molar-refractivity contribution < 1.29 is 10.0 Å². The molecule has 1 N–H and O–H groups in total. The Morgan fingerprint density at radius 3 is 2.40 bits per heavy atom. The number of nitrogens with zero attached hydrogens (tertiary/aromatic N) is 1. The van der Waals surface area contributed by atoms with Crippen molar-refractivity contribution in [1.82, 2.24) is 0 Å². The number of benzene rings is 1. The van der Waals surface area contributed by atoms with E-state index in [9.17, 15) is 15.2 Å². The van der Waals surface area contributed by atoms with Gasteiger partial charge in [-0.1, -0.05) is 22.6 Å². The van der Waals surface area contributed by atoms with Crippen LogP contribution in [0.25, 0.3) is 0 Å². The van der Waals surface area contributed by atoms with Crippen LogP contribution in [-0.2, 0) is 0 Å². The second-order valence-electron chi connectivity index (χ2n) is 2.75. The average Bonchev–Trinajstić information content (AvgIpc) is 2.27. The maximum absolute atomic E-state index is 10.4. The minimum Gasteiger partial charge on any atom is -0.383 e. The van der Waals surface area contributed by atoms with E-state index >= 15 is 0 Å². The predicted octanol–water partition coefficient (Wildman–Crippen LogP) is 3.34. The molecule has 1 unspecified atom stereocenters. The van der Waals surface area contributed by atoms with Crippen LogP contribution < -0.4 is 0 Å². The van der Waals surface area contributed by atoms with Gasteiger partial charge in [0.15, 0.2) is 0 Å². The van der Waals surface area contributed by atoms with Crippen LogP contribution in [0.15, 0.2) is 31.9 Å².